The van der Waals surface area contributed by atoms with Gasteiger partial charge in [-0.3, -0.25) is 4.98 Å². The maximum Gasteiger partial charge on any atom is 0.196 e. The molecule has 0 amide bonds. The lowest BCUT2D eigenvalue weighted by Gasteiger charge is -1.93. The van der Waals surface area contributed by atoms with E-state index in [1.807, 2.05) is 7.05 Å². The topological polar surface area (TPSA) is 51.0 Å². The first-order chi connectivity index (χ1) is 6.90. The monoisotopic (exact) mass is 209 g/mol. The lowest BCUT2D eigenvalue weighted by Crippen LogP contribution is -2.10. The number of nitrogens with zero attached hydrogens (tertiary/aromatic N) is 2. The Morgan fingerprint density at radius 3 is 3.14 bits per heavy atom. The van der Waals surface area contributed by atoms with Crippen LogP contribution in [0.1, 0.15) is 5.89 Å². The number of likely N-dealkylation sites (N-methyl/N-ethyl adjacent to an activating group) is 1. The molecule has 0 fully saturated rings. The highest BCUT2D eigenvalue weighted by atomic mass is 32.1. The summed E-state index contributed by atoms with van der Waals surface area (Å²) in [4.78, 5) is 9.19. The molecule has 0 radical (unpaired) electrons. The van der Waals surface area contributed by atoms with Gasteiger partial charge in [-0.05, 0) is 7.05 Å². The van der Waals surface area contributed by atoms with Crippen molar-refractivity contribution in [3.63, 3.8) is 0 Å². The van der Waals surface area contributed by atoms with Gasteiger partial charge in [-0.25, -0.2) is 4.98 Å². The van der Waals surface area contributed by atoms with Crippen molar-refractivity contribution in [3.8, 4) is 10.6 Å². The molecule has 0 atom stereocenters. The average Bonchev–Trinajstić information content (AvgIpc) is 2.85. The van der Waals surface area contributed by atoms with Crippen LogP contribution >= 0.6 is 11.3 Å². The quantitative estimate of drug-likeness (QED) is 0.830. The van der Waals surface area contributed by atoms with Gasteiger partial charge in [-0.15, -0.1) is 11.3 Å². The highest BCUT2D eigenvalue weighted by molar-refractivity contribution is 7.13. The van der Waals surface area contributed by atoms with Gasteiger partial charge in [-0.1, -0.05) is 0 Å². The third kappa shape index (κ3) is 2.00. The fourth-order valence-electron chi connectivity index (χ4n) is 1.11. The van der Waals surface area contributed by atoms with E-state index in [2.05, 4.69) is 15.3 Å². The summed E-state index contributed by atoms with van der Waals surface area (Å²) in [6.07, 6.45) is 4.35. The summed E-state index contributed by atoms with van der Waals surface area (Å²) in [5.74, 6) is 1.57. The standard InChI is InChI=1S/C9H11N3OS/c1-10-3-2-9-12-4-7(13-9)8-5-11-6-14-8/h4-6,10H,2-3H2,1H3. The molecule has 0 saturated carbocycles. The van der Waals surface area contributed by atoms with Crippen LogP contribution in [0.5, 0.6) is 0 Å². The van der Waals surface area contributed by atoms with Crippen LogP contribution in [0, 0.1) is 0 Å². The Morgan fingerprint density at radius 1 is 1.50 bits per heavy atom. The van der Waals surface area contributed by atoms with Gasteiger partial charge >= 0.3 is 0 Å². The van der Waals surface area contributed by atoms with Gasteiger partial charge in [0.1, 0.15) is 0 Å². The van der Waals surface area contributed by atoms with E-state index in [0.717, 1.165) is 29.5 Å². The highest BCUT2D eigenvalue weighted by Crippen LogP contribution is 2.23. The van der Waals surface area contributed by atoms with Crippen LogP contribution < -0.4 is 5.32 Å². The molecule has 0 spiro atoms. The molecule has 2 aromatic heterocycles. The fraction of sp³-hybridized carbons (Fsp3) is 0.333. The first-order valence-electron chi connectivity index (χ1n) is 4.38. The molecule has 0 aliphatic rings. The van der Waals surface area contributed by atoms with Crippen LogP contribution in [-0.2, 0) is 6.42 Å². The van der Waals surface area contributed by atoms with Crippen LogP contribution in [0.15, 0.2) is 22.3 Å². The molecule has 0 aliphatic heterocycles. The lowest BCUT2D eigenvalue weighted by atomic mass is 10.4. The van der Waals surface area contributed by atoms with Crippen molar-refractivity contribution in [2.75, 3.05) is 13.6 Å². The predicted octanol–water partition coefficient (Wildman–Crippen LogP) is 1.56. The Morgan fingerprint density at radius 2 is 2.43 bits per heavy atom. The molecule has 0 saturated heterocycles. The summed E-state index contributed by atoms with van der Waals surface area (Å²) in [6.45, 7) is 0.878. The zero-order valence-corrected chi connectivity index (χ0v) is 8.67. The van der Waals surface area contributed by atoms with Crippen LogP contribution in [0.25, 0.3) is 10.6 Å². The summed E-state index contributed by atoms with van der Waals surface area (Å²) in [5.41, 5.74) is 1.78. The van der Waals surface area contributed by atoms with Crippen LogP contribution in [0.3, 0.4) is 0 Å². The Hall–Kier alpha value is -1.20. The molecule has 0 aromatic carbocycles. The second-order valence-electron chi connectivity index (χ2n) is 2.84. The van der Waals surface area contributed by atoms with Gasteiger partial charge in [0.15, 0.2) is 11.7 Å². The SMILES string of the molecule is CNCCc1ncc(-c2cncs2)o1. The first-order valence-corrected chi connectivity index (χ1v) is 5.26. The van der Waals surface area contributed by atoms with Gasteiger partial charge < -0.3 is 9.73 Å². The molecule has 2 rings (SSSR count). The van der Waals surface area contributed by atoms with Crippen molar-refractivity contribution in [3.05, 3.63) is 23.8 Å². The number of rotatable bonds is 4. The normalized spacial score (nSPS) is 10.6. The smallest absolute Gasteiger partial charge is 0.196 e. The summed E-state index contributed by atoms with van der Waals surface area (Å²) >= 11 is 1.55. The van der Waals surface area contributed by atoms with Gasteiger partial charge in [0.2, 0.25) is 0 Å². The lowest BCUT2D eigenvalue weighted by molar-refractivity contribution is 0.501. The maximum absolute atomic E-state index is 5.55. The zero-order chi connectivity index (χ0) is 9.80. The van der Waals surface area contributed by atoms with Crippen molar-refractivity contribution >= 4 is 11.3 Å². The number of thiazole rings is 1. The molecule has 1 N–H and O–H groups in total. The maximum atomic E-state index is 5.55. The van der Waals surface area contributed by atoms with Crippen molar-refractivity contribution in [1.29, 1.82) is 0 Å². The molecule has 5 heteroatoms. The van der Waals surface area contributed by atoms with Gasteiger partial charge in [0, 0.05) is 19.2 Å². The molecule has 0 bridgehead atoms. The van der Waals surface area contributed by atoms with Crippen LogP contribution in [0.4, 0.5) is 0 Å². The molecule has 14 heavy (non-hydrogen) atoms. The first kappa shape index (κ1) is 9.36. The largest absolute Gasteiger partial charge is 0.440 e. The van der Waals surface area contributed by atoms with Crippen molar-refractivity contribution in [2.45, 2.75) is 6.42 Å². The third-order valence-electron chi connectivity index (χ3n) is 1.82. The second kappa shape index (κ2) is 4.34. The number of nitrogens with one attached hydrogen (secondary N) is 1. The Bertz CT molecular complexity index is 382. The highest BCUT2D eigenvalue weighted by Gasteiger charge is 2.06. The minimum Gasteiger partial charge on any atom is -0.440 e. The van der Waals surface area contributed by atoms with Crippen LogP contribution in [0.2, 0.25) is 0 Å². The van der Waals surface area contributed by atoms with Crippen LogP contribution in [-0.4, -0.2) is 23.6 Å². The molecule has 0 aliphatic carbocycles. The van der Waals surface area contributed by atoms with Gasteiger partial charge in [-0.2, -0.15) is 0 Å². The van der Waals surface area contributed by atoms with E-state index in [9.17, 15) is 0 Å². The molecular formula is C9H11N3OS. The average molecular weight is 209 g/mol. The van der Waals surface area contributed by atoms with E-state index >= 15 is 0 Å². The fourth-order valence-corrected chi connectivity index (χ4v) is 1.68. The molecular weight excluding hydrogens is 198 g/mol. The summed E-state index contributed by atoms with van der Waals surface area (Å²) in [6, 6.07) is 0. The number of hydrogen-bond acceptors (Lipinski definition) is 5. The van der Waals surface area contributed by atoms with E-state index in [1.165, 1.54) is 0 Å². The van der Waals surface area contributed by atoms with E-state index in [4.69, 9.17) is 4.42 Å². The summed E-state index contributed by atoms with van der Waals surface area (Å²) in [7, 11) is 1.91. The Kier molecular flexibility index (Phi) is 2.90. The Balaban J connectivity index is 2.10. The van der Waals surface area contributed by atoms with E-state index in [0.29, 0.717) is 0 Å². The molecule has 2 aromatic rings. The van der Waals surface area contributed by atoms with Gasteiger partial charge in [0.25, 0.3) is 0 Å². The van der Waals surface area contributed by atoms with E-state index in [-0.39, 0.29) is 0 Å². The van der Waals surface area contributed by atoms with E-state index < -0.39 is 0 Å². The molecule has 74 valence electrons. The minimum atomic E-state index is 0.766. The minimum absolute atomic E-state index is 0.766. The molecule has 2 heterocycles. The number of aromatic nitrogens is 2. The van der Waals surface area contributed by atoms with Crippen molar-refractivity contribution < 1.29 is 4.42 Å². The zero-order valence-electron chi connectivity index (χ0n) is 7.86. The molecule has 4 nitrogen and oxygen atoms in total. The second-order valence-corrected chi connectivity index (χ2v) is 3.72. The van der Waals surface area contributed by atoms with E-state index in [1.54, 1.807) is 29.2 Å². The molecule has 0 unspecified atom stereocenters. The number of hydrogen-bond donors (Lipinski definition) is 1. The predicted molar refractivity (Wildman–Crippen MR) is 55.2 cm³/mol. The third-order valence-corrected chi connectivity index (χ3v) is 2.61. The summed E-state index contributed by atoms with van der Waals surface area (Å²) < 4.78 is 5.55. The van der Waals surface area contributed by atoms with Gasteiger partial charge in [0.05, 0.1) is 16.6 Å². The van der Waals surface area contributed by atoms with Crippen molar-refractivity contribution in [1.82, 2.24) is 15.3 Å². The van der Waals surface area contributed by atoms with Crippen molar-refractivity contribution in [2.24, 2.45) is 0 Å². The number of oxazole rings is 1. The Labute approximate surface area is 86.0 Å². The summed E-state index contributed by atoms with van der Waals surface area (Å²) in [5, 5.41) is 3.05.